The van der Waals surface area contributed by atoms with Crippen LogP contribution < -0.4 is 10.6 Å². The van der Waals surface area contributed by atoms with E-state index in [1.807, 2.05) is 19.1 Å². The first-order chi connectivity index (χ1) is 8.40. The number of carboxylic acids is 1. The zero-order chi connectivity index (χ0) is 13.7. The fraction of sp³-hybridized carbons (Fsp3) is 0.333. The third kappa shape index (κ3) is 4.46. The van der Waals surface area contributed by atoms with Gasteiger partial charge in [-0.05, 0) is 47.5 Å². The van der Waals surface area contributed by atoms with E-state index < -0.39 is 12.0 Å². The van der Waals surface area contributed by atoms with Gasteiger partial charge >= 0.3 is 5.97 Å². The highest BCUT2D eigenvalue weighted by Gasteiger charge is 2.12. The van der Waals surface area contributed by atoms with Crippen LogP contribution in [0.15, 0.2) is 22.7 Å². The third-order valence-electron chi connectivity index (χ3n) is 2.34. The van der Waals surface area contributed by atoms with E-state index in [-0.39, 0.29) is 12.5 Å². The predicted octanol–water partition coefficient (Wildman–Crippen LogP) is 1.76. The summed E-state index contributed by atoms with van der Waals surface area (Å²) in [4.78, 5) is 22.1. The average Bonchev–Trinajstić information content (AvgIpc) is 2.29. The highest BCUT2D eigenvalue weighted by atomic mass is 79.9. The first-order valence-corrected chi connectivity index (χ1v) is 6.21. The number of benzene rings is 1. The van der Waals surface area contributed by atoms with E-state index in [1.165, 1.54) is 6.92 Å². The number of rotatable bonds is 5. The summed E-state index contributed by atoms with van der Waals surface area (Å²) in [5.74, 6) is -1.27. The van der Waals surface area contributed by atoms with Crippen LogP contribution in [0.5, 0.6) is 0 Å². The monoisotopic (exact) mass is 314 g/mol. The molecule has 6 heteroatoms. The highest BCUT2D eigenvalue weighted by Crippen LogP contribution is 2.23. The maximum atomic E-state index is 11.6. The number of anilines is 1. The fourth-order valence-electron chi connectivity index (χ4n) is 1.25. The van der Waals surface area contributed by atoms with Crippen molar-refractivity contribution in [1.29, 1.82) is 0 Å². The lowest BCUT2D eigenvalue weighted by atomic mass is 10.2. The van der Waals surface area contributed by atoms with E-state index in [2.05, 4.69) is 26.6 Å². The molecule has 0 aromatic heterocycles. The van der Waals surface area contributed by atoms with Gasteiger partial charge in [0.25, 0.3) is 0 Å². The molecule has 0 saturated carbocycles. The van der Waals surface area contributed by atoms with Gasteiger partial charge in [-0.15, -0.1) is 0 Å². The van der Waals surface area contributed by atoms with Crippen LogP contribution in [0.25, 0.3) is 0 Å². The Morgan fingerprint density at radius 3 is 2.67 bits per heavy atom. The maximum Gasteiger partial charge on any atom is 0.320 e. The van der Waals surface area contributed by atoms with E-state index in [0.29, 0.717) is 5.69 Å². The van der Waals surface area contributed by atoms with Crippen LogP contribution in [-0.4, -0.2) is 29.6 Å². The van der Waals surface area contributed by atoms with Crippen molar-refractivity contribution in [3.63, 3.8) is 0 Å². The first-order valence-electron chi connectivity index (χ1n) is 5.42. The number of carbonyl (C=O) groups is 2. The van der Waals surface area contributed by atoms with E-state index >= 15 is 0 Å². The van der Waals surface area contributed by atoms with Crippen molar-refractivity contribution in [1.82, 2.24) is 5.32 Å². The second kappa shape index (κ2) is 6.51. The summed E-state index contributed by atoms with van der Waals surface area (Å²) in [5, 5.41) is 14.0. The number of aryl methyl sites for hydroxylation is 1. The summed E-state index contributed by atoms with van der Waals surface area (Å²) in [6.45, 7) is 3.39. The minimum Gasteiger partial charge on any atom is -0.480 e. The molecule has 1 aromatic rings. The highest BCUT2D eigenvalue weighted by molar-refractivity contribution is 9.10. The molecule has 3 N–H and O–H groups in total. The standard InChI is InChI=1S/C12H15BrN2O3/c1-7-3-4-10(9(13)5-7)15-11(16)6-14-8(2)12(17)18/h3-5,8,14H,6H2,1-2H3,(H,15,16)(H,17,18)/t8-/m0/s1. The Hall–Kier alpha value is -1.40. The van der Waals surface area contributed by atoms with Crippen LogP contribution in [0.2, 0.25) is 0 Å². The maximum absolute atomic E-state index is 11.6. The molecule has 0 bridgehead atoms. The summed E-state index contributed by atoms with van der Waals surface area (Å²) in [5.41, 5.74) is 1.74. The van der Waals surface area contributed by atoms with Crippen molar-refractivity contribution in [2.24, 2.45) is 0 Å². The molecule has 0 unspecified atom stereocenters. The van der Waals surface area contributed by atoms with Gasteiger partial charge in [-0.2, -0.15) is 0 Å². The van der Waals surface area contributed by atoms with Crippen molar-refractivity contribution in [2.75, 3.05) is 11.9 Å². The normalized spacial score (nSPS) is 11.9. The van der Waals surface area contributed by atoms with Gasteiger partial charge in [0.05, 0.1) is 12.2 Å². The number of carboxylic acid groups (broad SMARTS) is 1. The van der Waals surface area contributed by atoms with Gasteiger partial charge in [-0.1, -0.05) is 6.07 Å². The van der Waals surface area contributed by atoms with Crippen molar-refractivity contribution < 1.29 is 14.7 Å². The molecule has 5 nitrogen and oxygen atoms in total. The summed E-state index contributed by atoms with van der Waals surface area (Å²) in [6, 6.07) is 4.81. The predicted molar refractivity (Wildman–Crippen MR) is 72.6 cm³/mol. The Morgan fingerprint density at radius 1 is 1.44 bits per heavy atom. The van der Waals surface area contributed by atoms with E-state index in [0.717, 1.165) is 10.0 Å². The molecule has 1 atom stereocenters. The smallest absolute Gasteiger partial charge is 0.320 e. The molecular weight excluding hydrogens is 300 g/mol. The molecule has 0 aliphatic heterocycles. The number of aliphatic carboxylic acids is 1. The van der Waals surface area contributed by atoms with Crippen molar-refractivity contribution in [3.05, 3.63) is 28.2 Å². The molecule has 18 heavy (non-hydrogen) atoms. The van der Waals surface area contributed by atoms with Gasteiger partial charge in [0, 0.05) is 4.47 Å². The van der Waals surface area contributed by atoms with Gasteiger partial charge in [-0.3, -0.25) is 14.9 Å². The number of nitrogens with one attached hydrogen (secondary N) is 2. The Labute approximate surface area is 114 Å². The Balaban J connectivity index is 2.52. The molecule has 0 radical (unpaired) electrons. The van der Waals surface area contributed by atoms with Gasteiger partial charge < -0.3 is 10.4 Å². The topological polar surface area (TPSA) is 78.4 Å². The minimum atomic E-state index is -0.987. The van der Waals surface area contributed by atoms with Crippen molar-refractivity contribution in [3.8, 4) is 0 Å². The fourth-order valence-corrected chi connectivity index (χ4v) is 1.84. The lowest BCUT2D eigenvalue weighted by Gasteiger charge is -2.11. The lowest BCUT2D eigenvalue weighted by Crippen LogP contribution is -2.39. The summed E-state index contributed by atoms with van der Waals surface area (Å²) >= 11 is 3.35. The average molecular weight is 315 g/mol. The molecule has 0 aliphatic rings. The molecule has 1 rings (SSSR count). The molecular formula is C12H15BrN2O3. The molecule has 0 spiro atoms. The van der Waals surface area contributed by atoms with Gasteiger partial charge in [0.2, 0.25) is 5.91 Å². The summed E-state index contributed by atoms with van der Waals surface area (Å²) in [6.07, 6.45) is 0. The van der Waals surface area contributed by atoms with E-state index in [1.54, 1.807) is 6.07 Å². The number of amides is 1. The van der Waals surface area contributed by atoms with Gasteiger partial charge in [0.15, 0.2) is 0 Å². The van der Waals surface area contributed by atoms with E-state index in [9.17, 15) is 9.59 Å². The van der Waals surface area contributed by atoms with Crippen molar-refractivity contribution >= 4 is 33.5 Å². The van der Waals surface area contributed by atoms with Gasteiger partial charge in [-0.25, -0.2) is 0 Å². The lowest BCUT2D eigenvalue weighted by molar-refractivity contribution is -0.139. The molecule has 1 amide bonds. The quantitative estimate of drug-likeness (QED) is 0.774. The van der Waals surface area contributed by atoms with Crippen LogP contribution >= 0.6 is 15.9 Å². The van der Waals surface area contributed by atoms with E-state index in [4.69, 9.17) is 5.11 Å². The third-order valence-corrected chi connectivity index (χ3v) is 2.99. The van der Waals surface area contributed by atoms with Crippen LogP contribution in [0.1, 0.15) is 12.5 Å². The molecule has 0 aliphatic carbocycles. The second-order valence-electron chi connectivity index (χ2n) is 3.97. The first kappa shape index (κ1) is 14.7. The number of carbonyl (C=O) groups excluding carboxylic acids is 1. The van der Waals surface area contributed by atoms with Gasteiger partial charge in [0.1, 0.15) is 6.04 Å². The van der Waals surface area contributed by atoms with Crippen LogP contribution in [-0.2, 0) is 9.59 Å². The molecule has 0 heterocycles. The van der Waals surface area contributed by atoms with Crippen molar-refractivity contribution in [2.45, 2.75) is 19.9 Å². The number of halogens is 1. The Kier molecular flexibility index (Phi) is 5.30. The van der Waals surface area contributed by atoms with Crippen LogP contribution in [0.3, 0.4) is 0 Å². The Bertz CT molecular complexity index is 463. The SMILES string of the molecule is Cc1ccc(NC(=O)CN[C@@H](C)C(=O)O)c(Br)c1. The van der Waals surface area contributed by atoms with Crippen LogP contribution in [0, 0.1) is 6.92 Å². The zero-order valence-electron chi connectivity index (χ0n) is 10.2. The second-order valence-corrected chi connectivity index (χ2v) is 4.83. The molecule has 0 saturated heterocycles. The summed E-state index contributed by atoms with van der Waals surface area (Å²) in [7, 11) is 0. The number of hydrogen-bond acceptors (Lipinski definition) is 3. The molecule has 98 valence electrons. The summed E-state index contributed by atoms with van der Waals surface area (Å²) < 4.78 is 0.794. The molecule has 1 aromatic carbocycles. The Morgan fingerprint density at radius 2 is 2.11 bits per heavy atom. The molecule has 0 fully saturated rings. The zero-order valence-corrected chi connectivity index (χ0v) is 11.7. The number of hydrogen-bond donors (Lipinski definition) is 3. The minimum absolute atomic E-state index is 0.0478. The van der Waals surface area contributed by atoms with Crippen LogP contribution in [0.4, 0.5) is 5.69 Å². The largest absolute Gasteiger partial charge is 0.480 e.